The van der Waals surface area contributed by atoms with Crippen molar-refractivity contribution in [1.29, 1.82) is 0 Å². The Labute approximate surface area is 106 Å². The maximum Gasteiger partial charge on any atom is 0.319 e. The smallest absolute Gasteiger partial charge is 0.319 e. The molecule has 0 amide bonds. The van der Waals surface area contributed by atoms with Crippen molar-refractivity contribution in [3.8, 4) is 11.9 Å². The largest absolute Gasteiger partial charge is 0.480 e. The summed E-state index contributed by atoms with van der Waals surface area (Å²) in [5.41, 5.74) is 0.669. The highest BCUT2D eigenvalue weighted by atomic mass is 16.5. The van der Waals surface area contributed by atoms with Crippen molar-refractivity contribution in [2.75, 3.05) is 20.8 Å². The third kappa shape index (κ3) is 4.04. The lowest BCUT2D eigenvalue weighted by Gasteiger charge is -2.04. The fraction of sp³-hybridized carbons (Fsp3) is 0.417. The number of hydrogen-bond donors (Lipinski definition) is 0. The van der Waals surface area contributed by atoms with Gasteiger partial charge in [-0.2, -0.15) is 4.98 Å². The predicted octanol–water partition coefficient (Wildman–Crippen LogP) is 1.46. The molecule has 0 aromatic carbocycles. The standard InChI is InChI=1S/C12H16N2O4/c1-4-18-10(15)7-5-6-9-8-13-12(17-3)14-11(9)16-2/h5-6,8H,4,7H2,1-3H3. The molecule has 1 aromatic rings. The van der Waals surface area contributed by atoms with E-state index in [1.54, 1.807) is 25.3 Å². The molecule has 1 rings (SSSR count). The fourth-order valence-corrected chi connectivity index (χ4v) is 1.24. The Morgan fingerprint density at radius 1 is 1.39 bits per heavy atom. The normalized spacial score (nSPS) is 10.4. The lowest BCUT2D eigenvalue weighted by molar-refractivity contribution is -0.142. The molecular weight excluding hydrogens is 236 g/mol. The molecule has 0 saturated heterocycles. The molecule has 0 bridgehead atoms. The van der Waals surface area contributed by atoms with Crippen LogP contribution >= 0.6 is 0 Å². The van der Waals surface area contributed by atoms with Gasteiger partial charge in [0.25, 0.3) is 0 Å². The van der Waals surface area contributed by atoms with Gasteiger partial charge >= 0.3 is 12.0 Å². The second kappa shape index (κ2) is 7.26. The molecule has 0 unspecified atom stereocenters. The Kier molecular flexibility index (Phi) is 5.63. The Balaban J connectivity index is 2.71. The Morgan fingerprint density at radius 2 is 2.17 bits per heavy atom. The summed E-state index contributed by atoms with van der Waals surface area (Å²) in [6.07, 6.45) is 5.14. The molecule has 0 atom stereocenters. The first-order chi connectivity index (χ1) is 8.71. The second-order valence-electron chi connectivity index (χ2n) is 3.23. The maximum atomic E-state index is 11.1. The van der Waals surface area contributed by atoms with Gasteiger partial charge in [-0.15, -0.1) is 0 Å². The van der Waals surface area contributed by atoms with E-state index in [9.17, 15) is 4.79 Å². The third-order valence-corrected chi connectivity index (χ3v) is 2.02. The van der Waals surface area contributed by atoms with E-state index in [2.05, 4.69) is 9.97 Å². The lowest BCUT2D eigenvalue weighted by Crippen LogP contribution is -2.01. The first-order valence-electron chi connectivity index (χ1n) is 5.48. The molecule has 0 N–H and O–H groups in total. The van der Waals surface area contributed by atoms with E-state index >= 15 is 0 Å². The van der Waals surface area contributed by atoms with Crippen LogP contribution < -0.4 is 9.47 Å². The first kappa shape index (κ1) is 14.0. The lowest BCUT2D eigenvalue weighted by atomic mass is 10.2. The quantitative estimate of drug-likeness (QED) is 0.714. The van der Waals surface area contributed by atoms with Crippen molar-refractivity contribution in [2.45, 2.75) is 13.3 Å². The van der Waals surface area contributed by atoms with Crippen LogP contribution in [0, 0.1) is 0 Å². The minimum Gasteiger partial charge on any atom is -0.480 e. The number of hydrogen-bond acceptors (Lipinski definition) is 6. The van der Waals surface area contributed by atoms with Gasteiger partial charge in [0, 0.05) is 6.20 Å². The molecule has 0 aliphatic carbocycles. The van der Waals surface area contributed by atoms with Crippen LogP contribution in [0.4, 0.5) is 0 Å². The first-order valence-corrected chi connectivity index (χ1v) is 5.48. The molecule has 6 heteroatoms. The molecule has 18 heavy (non-hydrogen) atoms. The molecule has 0 saturated carbocycles. The zero-order valence-corrected chi connectivity index (χ0v) is 10.7. The minimum atomic E-state index is -0.276. The Bertz CT molecular complexity index is 432. The number of aromatic nitrogens is 2. The zero-order chi connectivity index (χ0) is 13.4. The average molecular weight is 252 g/mol. The summed E-state index contributed by atoms with van der Waals surface area (Å²) < 4.78 is 14.8. The van der Waals surface area contributed by atoms with Crippen LogP contribution in [0.3, 0.4) is 0 Å². The van der Waals surface area contributed by atoms with Gasteiger partial charge < -0.3 is 14.2 Å². The summed E-state index contributed by atoms with van der Waals surface area (Å²) >= 11 is 0. The topological polar surface area (TPSA) is 70.5 Å². The molecule has 0 aliphatic rings. The molecule has 1 heterocycles. The van der Waals surface area contributed by atoms with Gasteiger partial charge in [-0.25, -0.2) is 4.98 Å². The van der Waals surface area contributed by atoms with Gasteiger partial charge in [-0.3, -0.25) is 4.79 Å². The maximum absolute atomic E-state index is 11.1. The van der Waals surface area contributed by atoms with Crippen molar-refractivity contribution >= 4 is 12.0 Å². The number of carbonyl (C=O) groups excluding carboxylic acids is 1. The number of esters is 1. The SMILES string of the molecule is CCOC(=O)CC=Cc1cnc(OC)nc1OC. The van der Waals surface area contributed by atoms with Crippen LogP contribution in [0.15, 0.2) is 12.3 Å². The molecule has 0 aliphatic heterocycles. The van der Waals surface area contributed by atoms with E-state index in [1.807, 2.05) is 0 Å². The fourth-order valence-electron chi connectivity index (χ4n) is 1.24. The molecular formula is C12H16N2O4. The molecule has 0 radical (unpaired) electrons. The van der Waals surface area contributed by atoms with Gasteiger partial charge in [-0.05, 0) is 6.92 Å². The van der Waals surface area contributed by atoms with Gasteiger partial charge in [0.15, 0.2) is 0 Å². The summed E-state index contributed by atoms with van der Waals surface area (Å²) in [6, 6.07) is 0.231. The summed E-state index contributed by atoms with van der Waals surface area (Å²) in [5, 5.41) is 0. The van der Waals surface area contributed by atoms with Crippen LogP contribution in [-0.4, -0.2) is 36.8 Å². The van der Waals surface area contributed by atoms with Gasteiger partial charge in [0.2, 0.25) is 5.88 Å². The van der Waals surface area contributed by atoms with Crippen molar-refractivity contribution in [3.05, 3.63) is 17.8 Å². The van der Waals surface area contributed by atoms with Gasteiger partial charge in [0.05, 0.1) is 32.8 Å². The summed E-state index contributed by atoms with van der Waals surface area (Å²) in [6.45, 7) is 2.14. The van der Waals surface area contributed by atoms with E-state index in [1.165, 1.54) is 14.2 Å². The predicted molar refractivity (Wildman–Crippen MR) is 65.4 cm³/mol. The molecule has 6 nitrogen and oxygen atoms in total. The number of rotatable bonds is 6. The minimum absolute atomic E-state index is 0.197. The molecule has 98 valence electrons. The van der Waals surface area contributed by atoms with Gasteiger partial charge in [-0.1, -0.05) is 12.2 Å². The highest BCUT2D eigenvalue weighted by Crippen LogP contribution is 2.18. The number of methoxy groups -OCH3 is 2. The number of ether oxygens (including phenoxy) is 3. The van der Waals surface area contributed by atoms with Crippen molar-refractivity contribution in [2.24, 2.45) is 0 Å². The highest BCUT2D eigenvalue weighted by molar-refractivity contribution is 5.72. The van der Waals surface area contributed by atoms with Crippen molar-refractivity contribution < 1.29 is 19.0 Å². The molecule has 0 fully saturated rings. The van der Waals surface area contributed by atoms with E-state index in [-0.39, 0.29) is 18.4 Å². The summed E-state index contributed by atoms with van der Waals surface area (Å²) in [4.78, 5) is 19.1. The third-order valence-electron chi connectivity index (χ3n) is 2.02. The van der Waals surface area contributed by atoms with Crippen LogP contribution in [0.25, 0.3) is 6.08 Å². The summed E-state index contributed by atoms with van der Waals surface area (Å²) in [5.74, 6) is 0.115. The van der Waals surface area contributed by atoms with Crippen LogP contribution in [0.2, 0.25) is 0 Å². The Hall–Kier alpha value is -2.11. The van der Waals surface area contributed by atoms with Crippen LogP contribution in [0.5, 0.6) is 11.9 Å². The Morgan fingerprint density at radius 3 is 2.78 bits per heavy atom. The molecule has 1 aromatic heterocycles. The van der Waals surface area contributed by atoms with E-state index in [4.69, 9.17) is 14.2 Å². The zero-order valence-electron chi connectivity index (χ0n) is 10.7. The van der Waals surface area contributed by atoms with Crippen molar-refractivity contribution in [1.82, 2.24) is 9.97 Å². The van der Waals surface area contributed by atoms with E-state index in [0.717, 1.165) is 0 Å². The van der Waals surface area contributed by atoms with E-state index in [0.29, 0.717) is 18.1 Å². The molecule has 0 spiro atoms. The van der Waals surface area contributed by atoms with Gasteiger partial charge in [0.1, 0.15) is 0 Å². The second-order valence-corrected chi connectivity index (χ2v) is 3.23. The monoisotopic (exact) mass is 252 g/mol. The number of nitrogens with zero attached hydrogens (tertiary/aromatic N) is 2. The van der Waals surface area contributed by atoms with Crippen molar-refractivity contribution in [3.63, 3.8) is 0 Å². The summed E-state index contributed by atoms with van der Waals surface area (Å²) in [7, 11) is 2.98. The average Bonchev–Trinajstić information content (AvgIpc) is 2.39. The highest BCUT2D eigenvalue weighted by Gasteiger charge is 2.05. The van der Waals surface area contributed by atoms with Crippen LogP contribution in [-0.2, 0) is 9.53 Å². The van der Waals surface area contributed by atoms with Crippen LogP contribution in [0.1, 0.15) is 18.9 Å². The van der Waals surface area contributed by atoms with E-state index < -0.39 is 0 Å². The number of carbonyl (C=O) groups is 1.